The zero-order valence-electron chi connectivity index (χ0n) is 15.1. The number of hydrogen-bond acceptors (Lipinski definition) is 3. The van der Waals surface area contributed by atoms with Crippen molar-refractivity contribution in [2.24, 2.45) is 0 Å². The van der Waals surface area contributed by atoms with Crippen molar-refractivity contribution >= 4 is 17.5 Å². The number of benzene rings is 1. The highest BCUT2D eigenvalue weighted by Crippen LogP contribution is 2.29. The molecule has 1 aliphatic rings. The van der Waals surface area contributed by atoms with Crippen molar-refractivity contribution in [1.82, 2.24) is 10.3 Å². The lowest BCUT2D eigenvalue weighted by Gasteiger charge is -2.22. The van der Waals surface area contributed by atoms with Crippen LogP contribution < -0.4 is 10.6 Å². The quantitative estimate of drug-likeness (QED) is 0.811. The van der Waals surface area contributed by atoms with Crippen LogP contribution in [0.15, 0.2) is 42.6 Å². The summed E-state index contributed by atoms with van der Waals surface area (Å²) in [7, 11) is 0. The summed E-state index contributed by atoms with van der Waals surface area (Å²) in [5.74, 6) is -0.870. The fourth-order valence-electron chi connectivity index (χ4n) is 3.15. The van der Waals surface area contributed by atoms with Crippen molar-refractivity contribution in [1.29, 1.82) is 0 Å². The largest absolute Gasteiger partial charge is 0.416 e. The van der Waals surface area contributed by atoms with E-state index in [2.05, 4.69) is 15.6 Å². The lowest BCUT2D eigenvalue weighted by Crippen LogP contribution is -2.36. The lowest BCUT2D eigenvalue weighted by atomic mass is 9.95. The molecule has 2 amide bonds. The van der Waals surface area contributed by atoms with Gasteiger partial charge in [-0.25, -0.2) is 0 Å². The highest BCUT2D eigenvalue weighted by molar-refractivity contribution is 6.05. The molecule has 0 atom stereocenters. The first-order valence-corrected chi connectivity index (χ1v) is 9.08. The topological polar surface area (TPSA) is 71.1 Å². The molecule has 28 heavy (non-hydrogen) atoms. The van der Waals surface area contributed by atoms with Crippen molar-refractivity contribution in [3.05, 3.63) is 59.4 Å². The van der Waals surface area contributed by atoms with Crippen molar-refractivity contribution in [3.63, 3.8) is 0 Å². The van der Waals surface area contributed by atoms with E-state index in [1.165, 1.54) is 36.9 Å². The van der Waals surface area contributed by atoms with Crippen LogP contribution in [-0.2, 0) is 6.18 Å². The molecule has 1 aliphatic carbocycles. The molecule has 1 heterocycles. The molecule has 1 fully saturated rings. The number of carbonyl (C=O) groups excluding carboxylic acids is 2. The monoisotopic (exact) mass is 391 g/mol. The van der Waals surface area contributed by atoms with Crippen molar-refractivity contribution in [2.75, 3.05) is 5.32 Å². The maximum atomic E-state index is 12.6. The van der Waals surface area contributed by atoms with Crippen LogP contribution in [0.25, 0.3) is 0 Å². The van der Waals surface area contributed by atoms with E-state index >= 15 is 0 Å². The van der Waals surface area contributed by atoms with Gasteiger partial charge in [-0.3, -0.25) is 14.6 Å². The minimum absolute atomic E-state index is 0.118. The Kier molecular flexibility index (Phi) is 5.96. The van der Waals surface area contributed by atoms with Crippen LogP contribution in [0, 0.1) is 0 Å². The second kappa shape index (κ2) is 8.41. The third-order valence-corrected chi connectivity index (χ3v) is 4.67. The summed E-state index contributed by atoms with van der Waals surface area (Å²) in [4.78, 5) is 28.7. The molecule has 2 aromatic rings. The number of aromatic nitrogens is 1. The average Bonchev–Trinajstić information content (AvgIpc) is 2.68. The molecule has 0 saturated heterocycles. The second-order valence-electron chi connectivity index (χ2n) is 6.77. The molecule has 0 radical (unpaired) electrons. The molecule has 1 saturated carbocycles. The van der Waals surface area contributed by atoms with Gasteiger partial charge in [-0.2, -0.15) is 13.2 Å². The zero-order chi connectivity index (χ0) is 20.1. The third-order valence-electron chi connectivity index (χ3n) is 4.67. The predicted octanol–water partition coefficient (Wildman–Crippen LogP) is 4.42. The van der Waals surface area contributed by atoms with Gasteiger partial charge in [0.15, 0.2) is 0 Å². The average molecular weight is 391 g/mol. The summed E-state index contributed by atoms with van der Waals surface area (Å²) >= 11 is 0. The first-order chi connectivity index (χ1) is 13.3. The number of halogens is 3. The summed E-state index contributed by atoms with van der Waals surface area (Å²) in [5.41, 5.74) is -0.242. The molecule has 0 bridgehead atoms. The number of carbonyl (C=O) groups is 2. The van der Waals surface area contributed by atoms with Crippen LogP contribution >= 0.6 is 0 Å². The molecule has 148 valence electrons. The van der Waals surface area contributed by atoms with Gasteiger partial charge in [-0.1, -0.05) is 19.3 Å². The summed E-state index contributed by atoms with van der Waals surface area (Å²) < 4.78 is 37.8. The highest BCUT2D eigenvalue weighted by atomic mass is 19.4. The first-order valence-electron chi connectivity index (χ1n) is 9.08. The number of amides is 2. The molecule has 0 unspecified atom stereocenters. The summed E-state index contributed by atoms with van der Waals surface area (Å²) in [5, 5.41) is 5.45. The van der Waals surface area contributed by atoms with Gasteiger partial charge in [0, 0.05) is 23.5 Å². The summed E-state index contributed by atoms with van der Waals surface area (Å²) in [6, 6.07) is 7.08. The number of alkyl halides is 3. The van der Waals surface area contributed by atoms with Crippen molar-refractivity contribution in [3.8, 4) is 0 Å². The molecule has 1 aromatic carbocycles. The number of hydrogen-bond donors (Lipinski definition) is 2. The van der Waals surface area contributed by atoms with E-state index < -0.39 is 17.6 Å². The number of nitrogens with zero attached hydrogens (tertiary/aromatic N) is 1. The minimum Gasteiger partial charge on any atom is -0.348 e. The van der Waals surface area contributed by atoms with Gasteiger partial charge in [-0.15, -0.1) is 0 Å². The summed E-state index contributed by atoms with van der Waals surface area (Å²) in [6.45, 7) is 0. The van der Waals surface area contributed by atoms with Crippen LogP contribution in [0.3, 0.4) is 0 Å². The number of rotatable bonds is 4. The van der Waals surface area contributed by atoms with Crippen LogP contribution in [0.2, 0.25) is 0 Å². The SMILES string of the molecule is O=C(Nc1ccc(C(F)(F)F)cc1)c1ccnc(C(=O)NC2CCCCC2)c1. The smallest absolute Gasteiger partial charge is 0.348 e. The standard InChI is InChI=1S/C20H20F3N3O2/c21-20(22,23)14-6-8-16(9-7-14)25-18(27)13-10-11-24-17(12-13)19(28)26-15-4-2-1-3-5-15/h6-12,15H,1-5H2,(H,25,27)(H,26,28). The Hall–Kier alpha value is -2.90. The molecule has 2 N–H and O–H groups in total. The van der Waals surface area contributed by atoms with E-state index in [-0.39, 0.29) is 28.9 Å². The molecule has 3 rings (SSSR count). The van der Waals surface area contributed by atoms with E-state index in [1.54, 1.807) is 0 Å². The Morgan fingerprint density at radius 3 is 2.29 bits per heavy atom. The van der Waals surface area contributed by atoms with Gasteiger partial charge in [0.05, 0.1) is 5.56 Å². The minimum atomic E-state index is -4.44. The molecule has 0 aliphatic heterocycles. The van der Waals surface area contributed by atoms with E-state index in [1.807, 2.05) is 0 Å². The summed E-state index contributed by atoms with van der Waals surface area (Å²) in [6.07, 6.45) is 2.11. The zero-order valence-corrected chi connectivity index (χ0v) is 15.1. The molecule has 5 nitrogen and oxygen atoms in total. The van der Waals surface area contributed by atoms with E-state index in [4.69, 9.17) is 0 Å². The highest BCUT2D eigenvalue weighted by Gasteiger charge is 2.30. The Bertz CT molecular complexity index is 845. The second-order valence-corrected chi connectivity index (χ2v) is 6.77. The van der Waals surface area contributed by atoms with Crippen LogP contribution in [0.5, 0.6) is 0 Å². The van der Waals surface area contributed by atoms with Gasteiger partial charge in [0.25, 0.3) is 11.8 Å². The van der Waals surface area contributed by atoms with Crippen molar-refractivity contribution in [2.45, 2.75) is 44.3 Å². The van der Waals surface area contributed by atoms with Crippen LogP contribution in [0.4, 0.5) is 18.9 Å². The predicted molar refractivity (Wildman–Crippen MR) is 98.0 cm³/mol. The van der Waals surface area contributed by atoms with Crippen LogP contribution in [0.1, 0.15) is 58.5 Å². The van der Waals surface area contributed by atoms with Crippen molar-refractivity contribution < 1.29 is 22.8 Å². The third kappa shape index (κ3) is 5.09. The van der Waals surface area contributed by atoms with Gasteiger partial charge < -0.3 is 10.6 Å². The Morgan fingerprint density at radius 1 is 0.964 bits per heavy atom. The fourth-order valence-corrected chi connectivity index (χ4v) is 3.15. The van der Waals surface area contributed by atoms with Crippen LogP contribution in [-0.4, -0.2) is 22.8 Å². The normalized spacial score (nSPS) is 15.1. The molecular weight excluding hydrogens is 371 g/mol. The first kappa shape index (κ1) is 19.9. The molecular formula is C20H20F3N3O2. The Labute approximate surface area is 160 Å². The maximum Gasteiger partial charge on any atom is 0.416 e. The van der Waals surface area contributed by atoms with Gasteiger partial charge in [-0.05, 0) is 49.2 Å². The van der Waals surface area contributed by atoms with Gasteiger partial charge >= 0.3 is 6.18 Å². The Morgan fingerprint density at radius 2 is 1.64 bits per heavy atom. The molecule has 8 heteroatoms. The maximum absolute atomic E-state index is 12.6. The molecule has 0 spiro atoms. The van der Waals surface area contributed by atoms with E-state index in [9.17, 15) is 22.8 Å². The number of nitrogens with one attached hydrogen (secondary N) is 2. The number of anilines is 1. The Balaban J connectivity index is 1.65. The fraction of sp³-hybridized carbons (Fsp3) is 0.350. The van der Waals surface area contributed by atoms with Gasteiger partial charge in [0.1, 0.15) is 5.69 Å². The van der Waals surface area contributed by atoms with E-state index in [0.717, 1.165) is 37.8 Å². The molecule has 1 aromatic heterocycles. The van der Waals surface area contributed by atoms with E-state index in [0.29, 0.717) is 0 Å². The lowest BCUT2D eigenvalue weighted by molar-refractivity contribution is -0.137. The van der Waals surface area contributed by atoms with Gasteiger partial charge in [0.2, 0.25) is 0 Å². The number of pyridine rings is 1.